The zero-order chi connectivity index (χ0) is 20.1. The minimum Gasteiger partial charge on any atom is -0.505 e. The van der Waals surface area contributed by atoms with Gasteiger partial charge in [0.25, 0.3) is 0 Å². The first-order valence-corrected chi connectivity index (χ1v) is 9.31. The summed E-state index contributed by atoms with van der Waals surface area (Å²) in [5, 5.41) is 16.4. The lowest BCUT2D eigenvalue weighted by molar-refractivity contribution is 0.425. The summed E-state index contributed by atoms with van der Waals surface area (Å²) in [4.78, 5) is 15.3. The fourth-order valence-electron chi connectivity index (χ4n) is 2.43. The number of hydrogen-bond donors (Lipinski definition) is 3. The van der Waals surface area contributed by atoms with Crippen molar-refractivity contribution >= 4 is 40.7 Å². The molecule has 0 aliphatic carbocycles. The van der Waals surface area contributed by atoms with Crippen molar-refractivity contribution in [1.29, 1.82) is 0 Å². The molecule has 3 rings (SSSR count). The van der Waals surface area contributed by atoms with Crippen LogP contribution in [0.5, 0.6) is 5.75 Å². The first kappa shape index (κ1) is 20.1. The van der Waals surface area contributed by atoms with Crippen LogP contribution in [0.3, 0.4) is 0 Å². The number of aromatic nitrogens is 3. The highest BCUT2D eigenvalue weighted by Gasteiger charge is 2.10. The molecule has 0 amide bonds. The molecule has 3 aromatic rings. The van der Waals surface area contributed by atoms with Gasteiger partial charge in [0.05, 0.1) is 15.7 Å². The van der Waals surface area contributed by atoms with Gasteiger partial charge in [-0.2, -0.15) is 4.98 Å². The molecular weight excluding hydrogens is 399 g/mol. The topological polar surface area (TPSA) is 86.2 Å². The molecule has 0 radical (unpaired) electrons. The van der Waals surface area contributed by atoms with Crippen LogP contribution in [0.25, 0.3) is 11.3 Å². The Kier molecular flexibility index (Phi) is 6.51. The maximum Gasteiger partial charge on any atom is 0.225 e. The lowest BCUT2D eigenvalue weighted by Gasteiger charge is -2.14. The normalized spacial score (nSPS) is 10.9. The number of likely N-dealkylation sites (N-methyl/N-ethyl adjacent to an activating group) is 1. The van der Waals surface area contributed by atoms with E-state index in [1.54, 1.807) is 24.5 Å². The number of phenolic OH excluding ortho intramolecular Hbond substituents is 1. The number of rotatable bonds is 7. The molecule has 7 nitrogen and oxygen atoms in total. The lowest BCUT2D eigenvalue weighted by Crippen LogP contribution is -2.21. The van der Waals surface area contributed by atoms with Crippen LogP contribution >= 0.6 is 23.2 Å². The van der Waals surface area contributed by atoms with Gasteiger partial charge in [-0.3, -0.25) is 4.98 Å². The van der Waals surface area contributed by atoms with Crippen molar-refractivity contribution in [2.45, 2.75) is 0 Å². The Morgan fingerprint density at radius 3 is 2.50 bits per heavy atom. The highest BCUT2D eigenvalue weighted by atomic mass is 35.5. The summed E-state index contributed by atoms with van der Waals surface area (Å²) in [6.07, 6.45) is 3.45. The summed E-state index contributed by atoms with van der Waals surface area (Å²) in [5.74, 6) is 0.888. The molecule has 2 aromatic heterocycles. The Bertz CT molecular complexity index is 929. The van der Waals surface area contributed by atoms with E-state index in [9.17, 15) is 5.11 Å². The van der Waals surface area contributed by atoms with Gasteiger partial charge in [0, 0.05) is 42.8 Å². The number of hydrogen-bond acceptors (Lipinski definition) is 7. The molecule has 0 spiro atoms. The molecule has 0 aliphatic rings. The summed E-state index contributed by atoms with van der Waals surface area (Å²) in [6.45, 7) is 1.53. The minimum atomic E-state index is -0.154. The summed E-state index contributed by atoms with van der Waals surface area (Å²) in [6, 6.07) is 8.74. The van der Waals surface area contributed by atoms with Crippen LogP contribution in [0.4, 0.5) is 17.5 Å². The monoisotopic (exact) mass is 418 g/mol. The lowest BCUT2D eigenvalue weighted by atomic mass is 10.2. The predicted molar refractivity (Wildman–Crippen MR) is 114 cm³/mol. The van der Waals surface area contributed by atoms with Crippen molar-refractivity contribution in [3.63, 3.8) is 0 Å². The standard InChI is InChI=1S/C19H20Cl2N6O/c1-27(2)7-6-23-19-25-16(12-4-3-5-22-11-12)10-17(26-19)24-13-8-14(20)18(28)15(21)9-13/h3-5,8-11,28H,6-7H2,1-2H3,(H2,23,24,25,26). The average molecular weight is 419 g/mol. The van der Waals surface area contributed by atoms with E-state index < -0.39 is 0 Å². The van der Waals surface area contributed by atoms with Gasteiger partial charge < -0.3 is 20.6 Å². The summed E-state index contributed by atoms with van der Waals surface area (Å²) in [5.41, 5.74) is 2.18. The average Bonchev–Trinajstić information content (AvgIpc) is 2.66. The third-order valence-corrected chi connectivity index (χ3v) is 4.39. The number of phenols is 1. The molecule has 1 aromatic carbocycles. The molecule has 0 saturated carbocycles. The number of aromatic hydroxyl groups is 1. The zero-order valence-corrected chi connectivity index (χ0v) is 17.0. The number of pyridine rings is 1. The Labute approximate surface area is 173 Å². The summed E-state index contributed by atoms with van der Waals surface area (Å²) in [7, 11) is 4.00. The highest BCUT2D eigenvalue weighted by Crippen LogP contribution is 2.35. The van der Waals surface area contributed by atoms with Crippen LogP contribution in [0.2, 0.25) is 10.0 Å². The van der Waals surface area contributed by atoms with Gasteiger partial charge in [-0.25, -0.2) is 4.98 Å². The molecule has 0 bridgehead atoms. The van der Waals surface area contributed by atoms with Gasteiger partial charge in [-0.15, -0.1) is 0 Å². The molecule has 9 heteroatoms. The van der Waals surface area contributed by atoms with Gasteiger partial charge in [0.2, 0.25) is 5.95 Å². The van der Waals surface area contributed by atoms with Crippen LogP contribution in [0.15, 0.2) is 42.7 Å². The van der Waals surface area contributed by atoms with E-state index in [0.717, 1.165) is 12.1 Å². The molecular formula is C19H20Cl2N6O. The quantitative estimate of drug-likeness (QED) is 0.493. The van der Waals surface area contributed by atoms with Crippen LogP contribution in [-0.4, -0.2) is 52.1 Å². The second kappa shape index (κ2) is 9.05. The molecule has 0 saturated heterocycles. The van der Waals surface area contributed by atoms with Crippen molar-refractivity contribution in [2.24, 2.45) is 0 Å². The predicted octanol–water partition coefficient (Wildman–Crippen LogP) is 4.27. The molecule has 28 heavy (non-hydrogen) atoms. The smallest absolute Gasteiger partial charge is 0.225 e. The largest absolute Gasteiger partial charge is 0.505 e. The summed E-state index contributed by atoms with van der Waals surface area (Å²) >= 11 is 12.0. The Balaban J connectivity index is 1.92. The fourth-order valence-corrected chi connectivity index (χ4v) is 2.92. The molecule has 0 atom stereocenters. The van der Waals surface area contributed by atoms with E-state index in [2.05, 4.69) is 30.5 Å². The maximum atomic E-state index is 9.74. The SMILES string of the molecule is CN(C)CCNc1nc(Nc2cc(Cl)c(O)c(Cl)c2)cc(-c2cccnc2)n1. The number of benzene rings is 1. The van der Waals surface area contributed by atoms with Crippen molar-refractivity contribution in [3.8, 4) is 17.0 Å². The Morgan fingerprint density at radius 1 is 1.11 bits per heavy atom. The summed E-state index contributed by atoms with van der Waals surface area (Å²) < 4.78 is 0. The van der Waals surface area contributed by atoms with E-state index in [4.69, 9.17) is 23.2 Å². The molecule has 146 valence electrons. The Morgan fingerprint density at radius 2 is 1.86 bits per heavy atom. The van der Waals surface area contributed by atoms with Crippen molar-refractivity contribution < 1.29 is 5.11 Å². The number of nitrogens with zero attached hydrogens (tertiary/aromatic N) is 4. The van der Waals surface area contributed by atoms with Gasteiger partial charge >= 0.3 is 0 Å². The Hall–Kier alpha value is -2.61. The van der Waals surface area contributed by atoms with Gasteiger partial charge in [-0.05, 0) is 38.4 Å². The van der Waals surface area contributed by atoms with E-state index in [-0.39, 0.29) is 15.8 Å². The highest BCUT2D eigenvalue weighted by molar-refractivity contribution is 6.37. The van der Waals surface area contributed by atoms with Crippen LogP contribution in [0, 0.1) is 0 Å². The second-order valence-electron chi connectivity index (χ2n) is 6.35. The van der Waals surface area contributed by atoms with Crippen LogP contribution in [-0.2, 0) is 0 Å². The molecule has 0 aliphatic heterocycles. The maximum absolute atomic E-state index is 9.74. The molecule has 3 N–H and O–H groups in total. The second-order valence-corrected chi connectivity index (χ2v) is 7.16. The van der Waals surface area contributed by atoms with E-state index in [1.165, 1.54) is 0 Å². The number of anilines is 3. The fraction of sp³-hybridized carbons (Fsp3) is 0.211. The van der Waals surface area contributed by atoms with Gasteiger partial charge in [0.1, 0.15) is 5.82 Å². The van der Waals surface area contributed by atoms with Crippen molar-refractivity contribution in [2.75, 3.05) is 37.8 Å². The van der Waals surface area contributed by atoms with E-state index in [0.29, 0.717) is 29.7 Å². The third kappa shape index (κ3) is 5.22. The van der Waals surface area contributed by atoms with Gasteiger partial charge in [-0.1, -0.05) is 23.2 Å². The first-order chi connectivity index (χ1) is 13.4. The molecule has 0 fully saturated rings. The van der Waals surface area contributed by atoms with Crippen LogP contribution < -0.4 is 10.6 Å². The number of halogens is 2. The van der Waals surface area contributed by atoms with Crippen molar-refractivity contribution in [1.82, 2.24) is 19.9 Å². The molecule has 0 unspecified atom stereocenters. The van der Waals surface area contributed by atoms with E-state index >= 15 is 0 Å². The minimum absolute atomic E-state index is 0.154. The zero-order valence-electron chi connectivity index (χ0n) is 15.4. The first-order valence-electron chi connectivity index (χ1n) is 8.55. The molecule has 2 heterocycles. The van der Waals surface area contributed by atoms with Crippen molar-refractivity contribution in [3.05, 3.63) is 52.8 Å². The van der Waals surface area contributed by atoms with Gasteiger partial charge in [0.15, 0.2) is 5.75 Å². The third-order valence-electron chi connectivity index (χ3n) is 3.81. The number of nitrogens with one attached hydrogen (secondary N) is 2. The van der Waals surface area contributed by atoms with E-state index in [1.807, 2.05) is 32.3 Å². The van der Waals surface area contributed by atoms with Crippen LogP contribution in [0.1, 0.15) is 0 Å².